The number of nitrogens with one attached hydrogen (secondary N) is 1. The van der Waals surface area contributed by atoms with E-state index in [1.165, 1.54) is 17.7 Å². The lowest BCUT2D eigenvalue weighted by Crippen LogP contribution is -2.06. The van der Waals surface area contributed by atoms with Gasteiger partial charge < -0.3 is 15.5 Å². The number of phenolic OH excluding ortho intramolecular Hbond substituents is 2. The van der Waals surface area contributed by atoms with Crippen molar-refractivity contribution in [3.63, 3.8) is 0 Å². The monoisotopic (exact) mass is 299 g/mol. The minimum atomic E-state index is -0.0376. The number of hydrogen-bond donors (Lipinski definition) is 3. The smallest absolute Gasteiger partial charge is 0.137 e. The summed E-state index contributed by atoms with van der Waals surface area (Å²) in [7, 11) is 1.90. The van der Waals surface area contributed by atoms with Crippen molar-refractivity contribution >= 4 is 5.78 Å². The number of hydrogen-bond acceptors (Lipinski definition) is 4. The number of rotatable bonds is 7. The van der Waals surface area contributed by atoms with E-state index in [2.05, 4.69) is 17.4 Å². The van der Waals surface area contributed by atoms with E-state index >= 15 is 0 Å². The zero-order valence-electron chi connectivity index (χ0n) is 12.7. The average Bonchev–Trinajstić information content (AvgIpc) is 2.49. The maximum Gasteiger partial charge on any atom is 0.137 e. The Morgan fingerprint density at radius 2 is 1.86 bits per heavy atom. The van der Waals surface area contributed by atoms with Crippen LogP contribution in [-0.4, -0.2) is 23.0 Å². The lowest BCUT2D eigenvalue weighted by molar-refractivity contribution is -0.118. The van der Waals surface area contributed by atoms with Gasteiger partial charge in [-0.2, -0.15) is 0 Å². The number of aryl methyl sites for hydroxylation is 1. The highest BCUT2D eigenvalue weighted by Crippen LogP contribution is 2.23. The van der Waals surface area contributed by atoms with Crippen molar-refractivity contribution in [1.82, 2.24) is 5.32 Å². The predicted octanol–water partition coefficient (Wildman–Crippen LogP) is 2.56. The Morgan fingerprint density at radius 3 is 2.59 bits per heavy atom. The second-order valence-corrected chi connectivity index (χ2v) is 5.38. The molecule has 0 amide bonds. The van der Waals surface area contributed by atoms with Crippen LogP contribution >= 0.6 is 0 Å². The van der Waals surface area contributed by atoms with Gasteiger partial charge in [0.05, 0.1) is 0 Å². The summed E-state index contributed by atoms with van der Waals surface area (Å²) < 4.78 is 0. The molecule has 2 aromatic rings. The van der Waals surface area contributed by atoms with Crippen LogP contribution in [0.25, 0.3) is 0 Å². The lowest BCUT2D eigenvalue weighted by Gasteiger charge is -2.06. The SMILES string of the molecule is CNCc1cccc(CCC(=O)Cc2ccc(O)cc2O)c1. The third-order valence-corrected chi connectivity index (χ3v) is 3.52. The second kappa shape index (κ2) is 7.61. The Hall–Kier alpha value is -2.33. The molecular formula is C18H21NO3. The standard InChI is InChI=1S/C18H21NO3/c1-19-12-14-4-2-3-13(9-14)5-7-16(20)10-15-6-8-17(21)11-18(15)22/h2-4,6,8-9,11,19,21-22H,5,7,10,12H2,1H3. The van der Waals surface area contributed by atoms with Crippen LogP contribution in [0.3, 0.4) is 0 Å². The van der Waals surface area contributed by atoms with Gasteiger partial charge in [0, 0.05) is 31.0 Å². The third-order valence-electron chi connectivity index (χ3n) is 3.52. The van der Waals surface area contributed by atoms with Crippen LogP contribution in [-0.2, 0) is 24.2 Å². The molecule has 0 spiro atoms. The highest BCUT2D eigenvalue weighted by Gasteiger charge is 2.09. The first-order valence-electron chi connectivity index (χ1n) is 7.33. The van der Waals surface area contributed by atoms with E-state index in [9.17, 15) is 15.0 Å². The summed E-state index contributed by atoms with van der Waals surface area (Å²) in [6, 6.07) is 12.5. The largest absolute Gasteiger partial charge is 0.508 e. The summed E-state index contributed by atoms with van der Waals surface area (Å²) in [4.78, 5) is 12.0. The first-order valence-corrected chi connectivity index (χ1v) is 7.33. The van der Waals surface area contributed by atoms with Gasteiger partial charge in [-0.1, -0.05) is 30.3 Å². The van der Waals surface area contributed by atoms with Crippen molar-refractivity contribution in [2.75, 3.05) is 7.05 Å². The van der Waals surface area contributed by atoms with E-state index in [1.807, 2.05) is 19.2 Å². The van der Waals surface area contributed by atoms with Crippen molar-refractivity contribution in [3.8, 4) is 11.5 Å². The summed E-state index contributed by atoms with van der Waals surface area (Å²) in [5, 5.41) is 22.0. The van der Waals surface area contributed by atoms with Gasteiger partial charge in [-0.25, -0.2) is 0 Å². The molecule has 3 N–H and O–H groups in total. The summed E-state index contributed by atoms with van der Waals surface area (Å²) in [5.74, 6) is 0.0272. The molecule has 0 saturated heterocycles. The van der Waals surface area contributed by atoms with Crippen LogP contribution < -0.4 is 5.32 Å². The summed E-state index contributed by atoms with van der Waals surface area (Å²) >= 11 is 0. The third kappa shape index (κ3) is 4.60. The molecule has 0 bridgehead atoms. The molecule has 2 aromatic carbocycles. The van der Waals surface area contributed by atoms with Gasteiger partial charge in [-0.05, 0) is 30.7 Å². The molecule has 0 fully saturated rings. The van der Waals surface area contributed by atoms with Gasteiger partial charge >= 0.3 is 0 Å². The van der Waals surface area contributed by atoms with Crippen LogP contribution in [0.15, 0.2) is 42.5 Å². The highest BCUT2D eigenvalue weighted by molar-refractivity contribution is 5.81. The molecule has 0 atom stereocenters. The molecule has 0 heterocycles. The van der Waals surface area contributed by atoms with Crippen molar-refractivity contribution in [3.05, 3.63) is 59.2 Å². The Morgan fingerprint density at radius 1 is 1.09 bits per heavy atom. The molecule has 0 aliphatic rings. The molecule has 22 heavy (non-hydrogen) atoms. The normalized spacial score (nSPS) is 10.6. The van der Waals surface area contributed by atoms with E-state index in [1.54, 1.807) is 6.07 Å². The molecule has 4 heteroatoms. The molecule has 0 unspecified atom stereocenters. The molecule has 0 aliphatic carbocycles. The van der Waals surface area contributed by atoms with Crippen LogP contribution in [0.1, 0.15) is 23.1 Å². The maximum absolute atomic E-state index is 12.0. The Labute approximate surface area is 130 Å². The van der Waals surface area contributed by atoms with E-state index in [-0.39, 0.29) is 23.7 Å². The summed E-state index contributed by atoms with van der Waals surface area (Å²) in [5.41, 5.74) is 2.88. The number of benzene rings is 2. The first kappa shape index (κ1) is 16.0. The molecule has 0 radical (unpaired) electrons. The summed E-state index contributed by atoms with van der Waals surface area (Å²) in [6.07, 6.45) is 1.31. The Bertz CT molecular complexity index is 653. The van der Waals surface area contributed by atoms with Crippen molar-refractivity contribution in [1.29, 1.82) is 0 Å². The van der Waals surface area contributed by atoms with Gasteiger partial charge in [0.15, 0.2) is 0 Å². The second-order valence-electron chi connectivity index (χ2n) is 5.38. The van der Waals surface area contributed by atoms with E-state index in [0.29, 0.717) is 18.4 Å². The van der Waals surface area contributed by atoms with Crippen LogP contribution in [0.5, 0.6) is 11.5 Å². The zero-order valence-corrected chi connectivity index (χ0v) is 12.7. The topological polar surface area (TPSA) is 69.6 Å². The molecule has 4 nitrogen and oxygen atoms in total. The zero-order chi connectivity index (χ0) is 15.9. The van der Waals surface area contributed by atoms with Crippen molar-refractivity contribution < 1.29 is 15.0 Å². The minimum absolute atomic E-state index is 0.00459. The molecule has 0 saturated carbocycles. The van der Waals surface area contributed by atoms with Crippen molar-refractivity contribution in [2.45, 2.75) is 25.8 Å². The van der Waals surface area contributed by atoms with Crippen LogP contribution in [0.2, 0.25) is 0 Å². The highest BCUT2D eigenvalue weighted by atomic mass is 16.3. The molecule has 116 valence electrons. The van der Waals surface area contributed by atoms with E-state index < -0.39 is 0 Å². The summed E-state index contributed by atoms with van der Waals surface area (Å²) in [6.45, 7) is 0.809. The van der Waals surface area contributed by atoms with Gasteiger partial charge in [0.2, 0.25) is 0 Å². The maximum atomic E-state index is 12.0. The van der Waals surface area contributed by atoms with Gasteiger partial charge in [-0.15, -0.1) is 0 Å². The fourth-order valence-electron chi connectivity index (χ4n) is 2.39. The average molecular weight is 299 g/mol. The fourth-order valence-corrected chi connectivity index (χ4v) is 2.39. The lowest BCUT2D eigenvalue weighted by atomic mass is 10.0. The van der Waals surface area contributed by atoms with E-state index in [4.69, 9.17) is 0 Å². The number of carbonyl (C=O) groups excluding carboxylic acids is 1. The fraction of sp³-hybridized carbons (Fsp3) is 0.278. The van der Waals surface area contributed by atoms with Crippen molar-refractivity contribution in [2.24, 2.45) is 0 Å². The Balaban J connectivity index is 1.91. The van der Waals surface area contributed by atoms with E-state index in [0.717, 1.165) is 12.1 Å². The quantitative estimate of drug-likeness (QED) is 0.735. The molecule has 2 rings (SSSR count). The van der Waals surface area contributed by atoms with Gasteiger partial charge in [0.1, 0.15) is 17.3 Å². The number of aromatic hydroxyl groups is 2. The molecular weight excluding hydrogens is 278 g/mol. The molecule has 0 aromatic heterocycles. The number of Topliss-reactive ketones (excluding diaryl/α,β-unsaturated/α-hetero) is 1. The first-order chi connectivity index (χ1) is 10.6. The number of ketones is 1. The van der Waals surface area contributed by atoms with Gasteiger partial charge in [-0.3, -0.25) is 4.79 Å². The van der Waals surface area contributed by atoms with Gasteiger partial charge in [0.25, 0.3) is 0 Å². The van der Waals surface area contributed by atoms with Crippen LogP contribution in [0.4, 0.5) is 0 Å². The number of phenols is 2. The minimum Gasteiger partial charge on any atom is -0.508 e. The van der Waals surface area contributed by atoms with Crippen LogP contribution in [0, 0.1) is 0 Å². The number of carbonyl (C=O) groups is 1. The Kier molecular flexibility index (Phi) is 5.55. The molecule has 0 aliphatic heterocycles. The predicted molar refractivity (Wildman–Crippen MR) is 86.0 cm³/mol.